The van der Waals surface area contributed by atoms with Gasteiger partial charge in [0.2, 0.25) is 5.91 Å². The summed E-state index contributed by atoms with van der Waals surface area (Å²) in [5, 5.41) is 11.8. The highest BCUT2D eigenvalue weighted by Gasteiger charge is 2.58. The summed E-state index contributed by atoms with van der Waals surface area (Å²) in [6.45, 7) is 0. The van der Waals surface area contributed by atoms with Gasteiger partial charge in [-0.25, -0.2) is 0 Å². The number of amides is 1. The van der Waals surface area contributed by atoms with Gasteiger partial charge >= 0.3 is 5.97 Å². The molecule has 0 heterocycles. The Morgan fingerprint density at radius 3 is 2.65 bits per heavy atom. The first-order valence-electron chi connectivity index (χ1n) is 7.21. The van der Waals surface area contributed by atoms with E-state index in [0.717, 1.165) is 6.42 Å². The number of anilines is 1. The number of para-hydroxylation sites is 1. The predicted octanol–water partition coefficient (Wildman–Crippen LogP) is 2.83. The summed E-state index contributed by atoms with van der Waals surface area (Å²) in [5.74, 6) is -0.696. The van der Waals surface area contributed by atoms with E-state index in [9.17, 15) is 9.59 Å². The van der Waals surface area contributed by atoms with Gasteiger partial charge in [0.25, 0.3) is 0 Å². The first-order valence-corrected chi connectivity index (χ1v) is 7.21. The van der Waals surface area contributed by atoms with Crippen molar-refractivity contribution in [2.75, 3.05) is 5.32 Å². The zero-order chi connectivity index (χ0) is 14.2. The largest absolute Gasteiger partial charge is 0.481 e. The highest BCUT2D eigenvalue weighted by atomic mass is 16.4. The zero-order valence-electron chi connectivity index (χ0n) is 11.4. The second kappa shape index (κ2) is 4.93. The lowest BCUT2D eigenvalue weighted by atomic mass is 10.0. The summed E-state index contributed by atoms with van der Waals surface area (Å²) >= 11 is 0. The molecule has 1 unspecified atom stereocenters. The van der Waals surface area contributed by atoms with Crippen molar-refractivity contribution in [1.82, 2.24) is 0 Å². The van der Waals surface area contributed by atoms with Gasteiger partial charge in [-0.3, -0.25) is 9.59 Å². The third-order valence-electron chi connectivity index (χ3n) is 4.72. The van der Waals surface area contributed by atoms with Gasteiger partial charge in [-0.2, -0.15) is 0 Å². The van der Waals surface area contributed by atoms with Crippen molar-refractivity contribution in [3.8, 4) is 0 Å². The van der Waals surface area contributed by atoms with Crippen molar-refractivity contribution in [3.05, 3.63) is 29.8 Å². The lowest BCUT2D eigenvalue weighted by Gasteiger charge is -2.11. The molecule has 2 aliphatic carbocycles. The quantitative estimate of drug-likeness (QED) is 0.886. The van der Waals surface area contributed by atoms with E-state index in [1.165, 1.54) is 25.7 Å². The number of hydrogen-bond donors (Lipinski definition) is 2. The molecular weight excluding hydrogens is 254 g/mol. The Kier molecular flexibility index (Phi) is 3.24. The Morgan fingerprint density at radius 2 is 1.95 bits per heavy atom. The molecule has 2 N–H and O–H groups in total. The average molecular weight is 273 g/mol. The van der Waals surface area contributed by atoms with Crippen molar-refractivity contribution < 1.29 is 14.7 Å². The number of carbonyl (C=O) groups excluding carboxylic acids is 1. The lowest BCUT2D eigenvalue weighted by Crippen LogP contribution is -2.19. The molecule has 2 aliphatic rings. The first kappa shape index (κ1) is 13.2. The van der Waals surface area contributed by atoms with Gasteiger partial charge < -0.3 is 10.4 Å². The topological polar surface area (TPSA) is 66.4 Å². The van der Waals surface area contributed by atoms with E-state index >= 15 is 0 Å². The molecule has 2 saturated carbocycles. The van der Waals surface area contributed by atoms with Crippen molar-refractivity contribution in [3.63, 3.8) is 0 Å². The maximum atomic E-state index is 12.3. The Morgan fingerprint density at radius 1 is 1.25 bits per heavy atom. The Labute approximate surface area is 118 Å². The molecular formula is C16H19NO3. The van der Waals surface area contributed by atoms with Crippen LogP contribution in [-0.2, 0) is 16.0 Å². The highest BCUT2D eigenvalue weighted by molar-refractivity contribution is 5.96. The molecule has 1 aromatic carbocycles. The van der Waals surface area contributed by atoms with Gasteiger partial charge in [0, 0.05) is 11.6 Å². The molecule has 1 spiro atoms. The summed E-state index contributed by atoms with van der Waals surface area (Å²) in [4.78, 5) is 23.2. The van der Waals surface area contributed by atoms with E-state index in [0.29, 0.717) is 11.3 Å². The molecule has 1 atom stereocenters. The Hall–Kier alpha value is -1.84. The number of aliphatic carboxylic acids is 1. The van der Waals surface area contributed by atoms with E-state index in [4.69, 9.17) is 5.11 Å². The number of carboxylic acid groups (broad SMARTS) is 1. The van der Waals surface area contributed by atoms with Gasteiger partial charge in [0.1, 0.15) is 0 Å². The van der Waals surface area contributed by atoms with Gasteiger partial charge in [0.05, 0.1) is 6.42 Å². The fourth-order valence-corrected chi connectivity index (χ4v) is 3.53. The second-order valence-corrected chi connectivity index (χ2v) is 6.04. The normalized spacial score (nSPS) is 22.7. The van der Waals surface area contributed by atoms with Crippen molar-refractivity contribution >= 4 is 17.6 Å². The van der Waals surface area contributed by atoms with Crippen LogP contribution in [0.25, 0.3) is 0 Å². The van der Waals surface area contributed by atoms with Crippen molar-refractivity contribution in [2.24, 2.45) is 11.3 Å². The molecule has 0 radical (unpaired) electrons. The minimum absolute atomic E-state index is 0.0599. The van der Waals surface area contributed by atoms with Gasteiger partial charge in [0.15, 0.2) is 0 Å². The van der Waals surface area contributed by atoms with Crippen molar-refractivity contribution in [2.45, 2.75) is 38.5 Å². The summed E-state index contributed by atoms with van der Waals surface area (Å²) in [6.07, 6.45) is 5.74. The molecule has 1 amide bonds. The van der Waals surface area contributed by atoms with Crippen LogP contribution in [0.3, 0.4) is 0 Å². The molecule has 4 heteroatoms. The standard InChI is InChI=1S/C16H19NO3/c18-14(19)9-11-5-1-2-6-13(11)17-15(20)12-10-16(12)7-3-4-8-16/h1-2,5-6,12H,3-4,7-10H2,(H,17,20)(H,18,19). The minimum Gasteiger partial charge on any atom is -0.481 e. The van der Waals surface area contributed by atoms with E-state index < -0.39 is 5.97 Å². The van der Waals surface area contributed by atoms with E-state index in [-0.39, 0.29) is 23.7 Å². The molecule has 1 aromatic rings. The lowest BCUT2D eigenvalue weighted by molar-refractivity contribution is -0.136. The molecule has 20 heavy (non-hydrogen) atoms. The van der Waals surface area contributed by atoms with Crippen LogP contribution in [0, 0.1) is 11.3 Å². The van der Waals surface area contributed by atoms with Crippen LogP contribution < -0.4 is 5.32 Å². The van der Waals surface area contributed by atoms with Gasteiger partial charge in [-0.05, 0) is 36.3 Å². The maximum Gasteiger partial charge on any atom is 0.307 e. The molecule has 2 fully saturated rings. The minimum atomic E-state index is -0.884. The van der Waals surface area contributed by atoms with Crippen LogP contribution in [0.1, 0.15) is 37.7 Å². The molecule has 106 valence electrons. The predicted molar refractivity (Wildman–Crippen MR) is 75.4 cm³/mol. The first-order chi connectivity index (χ1) is 9.61. The molecule has 0 aliphatic heterocycles. The van der Waals surface area contributed by atoms with Crippen LogP contribution in [0.2, 0.25) is 0 Å². The Bertz CT molecular complexity index is 546. The van der Waals surface area contributed by atoms with E-state index in [2.05, 4.69) is 5.32 Å². The summed E-state index contributed by atoms with van der Waals surface area (Å²) in [6, 6.07) is 7.14. The number of carbonyl (C=O) groups is 2. The smallest absolute Gasteiger partial charge is 0.307 e. The Balaban J connectivity index is 1.69. The third kappa shape index (κ3) is 2.42. The molecule has 4 nitrogen and oxygen atoms in total. The number of carboxylic acids is 1. The SMILES string of the molecule is O=C(O)Cc1ccccc1NC(=O)C1CC12CCCC2. The van der Waals surface area contributed by atoms with Crippen LogP contribution in [0.4, 0.5) is 5.69 Å². The molecule has 3 rings (SSSR count). The van der Waals surface area contributed by atoms with Gasteiger partial charge in [-0.1, -0.05) is 31.0 Å². The van der Waals surface area contributed by atoms with Crippen molar-refractivity contribution in [1.29, 1.82) is 0 Å². The van der Waals surface area contributed by atoms with E-state index in [1.54, 1.807) is 18.2 Å². The summed E-state index contributed by atoms with van der Waals surface area (Å²) in [7, 11) is 0. The molecule has 0 bridgehead atoms. The molecule has 0 aromatic heterocycles. The van der Waals surface area contributed by atoms with Crippen LogP contribution in [-0.4, -0.2) is 17.0 Å². The maximum absolute atomic E-state index is 12.3. The zero-order valence-corrected chi connectivity index (χ0v) is 11.4. The second-order valence-electron chi connectivity index (χ2n) is 6.04. The fraction of sp³-hybridized carbons (Fsp3) is 0.500. The molecule has 0 saturated heterocycles. The number of benzene rings is 1. The fourth-order valence-electron chi connectivity index (χ4n) is 3.53. The van der Waals surface area contributed by atoms with Crippen LogP contribution >= 0.6 is 0 Å². The average Bonchev–Trinajstić information content (AvgIpc) is 2.89. The monoisotopic (exact) mass is 273 g/mol. The third-order valence-corrected chi connectivity index (χ3v) is 4.72. The van der Waals surface area contributed by atoms with E-state index in [1.807, 2.05) is 6.07 Å². The summed E-state index contributed by atoms with van der Waals surface area (Å²) < 4.78 is 0. The van der Waals surface area contributed by atoms with Crippen LogP contribution in [0.5, 0.6) is 0 Å². The number of hydrogen-bond acceptors (Lipinski definition) is 2. The highest BCUT2D eigenvalue weighted by Crippen LogP contribution is 2.63. The number of nitrogens with one attached hydrogen (secondary N) is 1. The van der Waals surface area contributed by atoms with Gasteiger partial charge in [-0.15, -0.1) is 0 Å². The van der Waals surface area contributed by atoms with Crippen LogP contribution in [0.15, 0.2) is 24.3 Å². The summed E-state index contributed by atoms with van der Waals surface area (Å²) in [5.41, 5.74) is 1.57. The number of rotatable bonds is 4.